The summed E-state index contributed by atoms with van der Waals surface area (Å²) in [6.45, 7) is 6.86. The SMILES string of the molecule is C=CC(O)N1C[C@@H]2CCCN(Cc3ccc(C(F)(F)F)cc3)[C@@H]2C1. The van der Waals surface area contributed by atoms with Gasteiger partial charge in [0, 0.05) is 25.7 Å². The average Bonchev–Trinajstić information content (AvgIpc) is 2.99. The van der Waals surface area contributed by atoms with Crippen molar-refractivity contribution in [1.29, 1.82) is 0 Å². The highest BCUT2D eigenvalue weighted by molar-refractivity contribution is 5.24. The molecule has 2 heterocycles. The lowest BCUT2D eigenvalue weighted by atomic mass is 9.91. The molecule has 0 saturated carbocycles. The van der Waals surface area contributed by atoms with Gasteiger partial charge in [0.1, 0.15) is 6.23 Å². The fraction of sp³-hybridized carbons (Fsp3) is 0.556. The minimum absolute atomic E-state index is 0.343. The first-order chi connectivity index (χ1) is 11.4. The van der Waals surface area contributed by atoms with E-state index in [-0.39, 0.29) is 0 Å². The van der Waals surface area contributed by atoms with Gasteiger partial charge in [-0.2, -0.15) is 13.2 Å². The van der Waals surface area contributed by atoms with Gasteiger partial charge in [-0.1, -0.05) is 18.7 Å². The highest BCUT2D eigenvalue weighted by Crippen LogP contribution is 2.33. The standard InChI is InChI=1S/C18H23F3N2O/c1-2-17(24)23-11-14-4-3-9-22(16(14)12-23)10-13-5-7-15(8-6-13)18(19,20)21/h2,5-8,14,16-17,24H,1,3-4,9-12H2/t14-,16+,17?/m0/s1. The highest BCUT2D eigenvalue weighted by Gasteiger charge is 2.40. The van der Waals surface area contributed by atoms with E-state index in [9.17, 15) is 18.3 Å². The summed E-state index contributed by atoms with van der Waals surface area (Å²) >= 11 is 0. The summed E-state index contributed by atoms with van der Waals surface area (Å²) in [5, 5.41) is 9.97. The van der Waals surface area contributed by atoms with Gasteiger partial charge >= 0.3 is 6.18 Å². The van der Waals surface area contributed by atoms with Crippen LogP contribution < -0.4 is 0 Å². The van der Waals surface area contributed by atoms with Crippen LogP contribution in [-0.2, 0) is 12.7 Å². The lowest BCUT2D eigenvalue weighted by molar-refractivity contribution is -0.137. The van der Waals surface area contributed by atoms with E-state index in [1.807, 2.05) is 4.90 Å². The van der Waals surface area contributed by atoms with E-state index >= 15 is 0 Å². The number of hydrogen-bond acceptors (Lipinski definition) is 3. The molecule has 3 rings (SSSR count). The second-order valence-corrected chi connectivity index (χ2v) is 6.74. The predicted molar refractivity (Wildman–Crippen MR) is 86.1 cm³/mol. The van der Waals surface area contributed by atoms with Gasteiger partial charge in [0.15, 0.2) is 0 Å². The zero-order valence-electron chi connectivity index (χ0n) is 13.5. The van der Waals surface area contributed by atoms with Crippen LogP contribution in [0.25, 0.3) is 0 Å². The number of piperidine rings is 1. The molecule has 0 radical (unpaired) electrons. The number of halogens is 3. The smallest absolute Gasteiger partial charge is 0.375 e. The molecular formula is C18H23F3N2O. The van der Waals surface area contributed by atoms with Crippen molar-refractivity contribution < 1.29 is 18.3 Å². The molecule has 2 fully saturated rings. The van der Waals surface area contributed by atoms with Gasteiger partial charge in [-0.05, 0) is 49.1 Å². The molecule has 0 spiro atoms. The lowest BCUT2D eigenvalue weighted by Crippen LogP contribution is -2.44. The highest BCUT2D eigenvalue weighted by atomic mass is 19.4. The zero-order valence-corrected chi connectivity index (χ0v) is 13.5. The molecular weight excluding hydrogens is 317 g/mol. The van der Waals surface area contributed by atoms with Crippen molar-refractivity contribution in [3.05, 3.63) is 48.0 Å². The fourth-order valence-electron chi connectivity index (χ4n) is 3.90. The quantitative estimate of drug-likeness (QED) is 0.853. The molecule has 1 aromatic rings. The van der Waals surface area contributed by atoms with E-state index < -0.39 is 18.0 Å². The number of aliphatic hydroxyl groups excluding tert-OH is 1. The lowest BCUT2D eigenvalue weighted by Gasteiger charge is -2.37. The third kappa shape index (κ3) is 3.66. The first-order valence-corrected chi connectivity index (χ1v) is 8.33. The number of nitrogens with zero attached hydrogens (tertiary/aromatic N) is 2. The number of hydrogen-bond donors (Lipinski definition) is 1. The van der Waals surface area contributed by atoms with Crippen LogP contribution in [0.3, 0.4) is 0 Å². The Kier molecular flexibility index (Phi) is 4.99. The van der Waals surface area contributed by atoms with Crippen LogP contribution in [0.4, 0.5) is 13.2 Å². The maximum absolute atomic E-state index is 12.7. The zero-order chi connectivity index (χ0) is 17.3. The minimum atomic E-state index is -4.29. The molecule has 0 aliphatic carbocycles. The number of rotatable bonds is 4. The van der Waals surface area contributed by atoms with Crippen molar-refractivity contribution in [2.45, 2.75) is 37.8 Å². The van der Waals surface area contributed by atoms with Crippen molar-refractivity contribution in [2.24, 2.45) is 5.92 Å². The molecule has 0 aromatic heterocycles. The van der Waals surface area contributed by atoms with Crippen LogP contribution in [0.5, 0.6) is 0 Å². The Morgan fingerprint density at radius 3 is 2.58 bits per heavy atom. The van der Waals surface area contributed by atoms with E-state index in [2.05, 4.69) is 11.5 Å². The third-order valence-electron chi connectivity index (χ3n) is 5.18. The fourth-order valence-corrected chi connectivity index (χ4v) is 3.90. The van der Waals surface area contributed by atoms with Gasteiger partial charge in [0.25, 0.3) is 0 Å². The summed E-state index contributed by atoms with van der Waals surface area (Å²) in [5.41, 5.74) is 0.287. The second-order valence-electron chi connectivity index (χ2n) is 6.74. The van der Waals surface area contributed by atoms with Crippen LogP contribution >= 0.6 is 0 Å². The van der Waals surface area contributed by atoms with E-state index in [4.69, 9.17) is 0 Å². The summed E-state index contributed by atoms with van der Waals surface area (Å²) in [6, 6.07) is 5.78. The maximum Gasteiger partial charge on any atom is 0.416 e. The Morgan fingerprint density at radius 2 is 1.96 bits per heavy atom. The summed E-state index contributed by atoms with van der Waals surface area (Å²) in [6.07, 6.45) is -1.16. The molecule has 3 nitrogen and oxygen atoms in total. The number of alkyl halides is 3. The first-order valence-electron chi connectivity index (χ1n) is 8.33. The van der Waals surface area contributed by atoms with Crippen LogP contribution in [0.15, 0.2) is 36.9 Å². The van der Waals surface area contributed by atoms with Gasteiger partial charge in [-0.3, -0.25) is 9.80 Å². The molecule has 2 saturated heterocycles. The minimum Gasteiger partial charge on any atom is -0.375 e. The Hall–Kier alpha value is -1.37. The summed E-state index contributed by atoms with van der Waals surface area (Å²) in [4.78, 5) is 4.36. The number of likely N-dealkylation sites (tertiary alicyclic amines) is 2. The van der Waals surface area contributed by atoms with Crippen LogP contribution in [0, 0.1) is 5.92 Å². The molecule has 24 heavy (non-hydrogen) atoms. The second kappa shape index (κ2) is 6.86. The van der Waals surface area contributed by atoms with Crippen molar-refractivity contribution in [3.63, 3.8) is 0 Å². The number of benzene rings is 1. The van der Waals surface area contributed by atoms with Crippen LogP contribution in [-0.4, -0.2) is 46.8 Å². The summed E-state index contributed by atoms with van der Waals surface area (Å²) in [5.74, 6) is 0.503. The molecule has 2 aliphatic rings. The molecule has 2 aliphatic heterocycles. The molecule has 3 atom stereocenters. The van der Waals surface area contributed by atoms with E-state index in [1.54, 1.807) is 12.1 Å². The van der Waals surface area contributed by atoms with E-state index in [1.165, 1.54) is 6.08 Å². The largest absolute Gasteiger partial charge is 0.416 e. The van der Waals surface area contributed by atoms with Crippen molar-refractivity contribution in [2.75, 3.05) is 19.6 Å². The van der Waals surface area contributed by atoms with Crippen molar-refractivity contribution >= 4 is 0 Å². The molecule has 1 N–H and O–H groups in total. The number of aliphatic hydroxyl groups is 1. The normalized spacial score (nSPS) is 27.0. The van der Waals surface area contributed by atoms with Gasteiger partial charge in [-0.15, -0.1) is 0 Å². The van der Waals surface area contributed by atoms with E-state index in [0.717, 1.165) is 50.2 Å². The van der Waals surface area contributed by atoms with Crippen LogP contribution in [0.1, 0.15) is 24.0 Å². The van der Waals surface area contributed by atoms with Gasteiger partial charge in [0.05, 0.1) is 5.56 Å². The Labute approximate surface area is 140 Å². The summed E-state index contributed by atoms with van der Waals surface area (Å²) < 4.78 is 38.0. The topological polar surface area (TPSA) is 26.7 Å². The monoisotopic (exact) mass is 340 g/mol. The molecule has 6 heteroatoms. The van der Waals surface area contributed by atoms with Gasteiger partial charge < -0.3 is 5.11 Å². The van der Waals surface area contributed by atoms with Gasteiger partial charge in [0.2, 0.25) is 0 Å². The Bertz CT molecular complexity index is 573. The molecule has 0 amide bonds. The molecule has 1 aromatic carbocycles. The van der Waals surface area contributed by atoms with Gasteiger partial charge in [-0.25, -0.2) is 0 Å². The maximum atomic E-state index is 12.7. The number of fused-ring (bicyclic) bond motifs is 1. The van der Waals surface area contributed by atoms with E-state index in [0.29, 0.717) is 18.5 Å². The van der Waals surface area contributed by atoms with Crippen LogP contribution in [0.2, 0.25) is 0 Å². The molecule has 0 bridgehead atoms. The molecule has 1 unspecified atom stereocenters. The predicted octanol–water partition coefficient (Wildman–Crippen LogP) is 3.11. The average molecular weight is 340 g/mol. The third-order valence-corrected chi connectivity index (χ3v) is 5.18. The first kappa shape index (κ1) is 17.5. The Balaban J connectivity index is 1.67. The van der Waals surface area contributed by atoms with Crippen molar-refractivity contribution in [1.82, 2.24) is 9.80 Å². The Morgan fingerprint density at radius 1 is 1.25 bits per heavy atom. The van der Waals surface area contributed by atoms with Crippen molar-refractivity contribution in [3.8, 4) is 0 Å². The molecule has 132 valence electrons. The summed E-state index contributed by atoms with van der Waals surface area (Å²) in [7, 11) is 0.